The average molecular weight is 401 g/mol. The monoisotopic (exact) mass is 399 g/mol. The molecule has 0 aliphatic heterocycles. The molecule has 2 rings (SSSR count). The van der Waals surface area contributed by atoms with Crippen LogP contribution in [-0.4, -0.2) is 15.7 Å². The summed E-state index contributed by atoms with van der Waals surface area (Å²) in [5.41, 5.74) is 1.52. The van der Waals surface area contributed by atoms with E-state index in [-0.39, 0.29) is 12.3 Å². The molecule has 0 saturated carbocycles. The van der Waals surface area contributed by atoms with Gasteiger partial charge in [0, 0.05) is 21.2 Å². The number of carbonyl (C=O) groups is 1. The van der Waals surface area contributed by atoms with E-state index >= 15 is 0 Å². The van der Waals surface area contributed by atoms with E-state index in [0.29, 0.717) is 6.04 Å². The maximum atomic E-state index is 12.0. The Hall–Kier alpha value is -1.14. The van der Waals surface area contributed by atoms with E-state index in [2.05, 4.69) is 56.1 Å². The second-order valence-electron chi connectivity index (χ2n) is 4.73. The van der Waals surface area contributed by atoms with Crippen LogP contribution in [0.2, 0.25) is 0 Å². The molecule has 1 aromatic carbocycles. The second-order valence-corrected chi connectivity index (χ2v) is 6.50. The number of anilines is 1. The van der Waals surface area contributed by atoms with Gasteiger partial charge in [-0.15, -0.1) is 0 Å². The van der Waals surface area contributed by atoms with E-state index in [9.17, 15) is 4.79 Å². The third-order valence-electron chi connectivity index (χ3n) is 2.74. The van der Waals surface area contributed by atoms with Crippen LogP contribution in [0.15, 0.2) is 39.4 Å². The van der Waals surface area contributed by atoms with Crippen molar-refractivity contribution in [3.63, 3.8) is 0 Å². The van der Waals surface area contributed by atoms with Gasteiger partial charge in [-0.25, -0.2) is 0 Å². The highest BCUT2D eigenvalue weighted by Gasteiger charge is 2.10. The van der Waals surface area contributed by atoms with Crippen molar-refractivity contribution in [1.29, 1.82) is 0 Å². The number of halogens is 2. The maximum absolute atomic E-state index is 12.0. The average Bonchev–Trinajstić information content (AvgIpc) is 2.81. The molecule has 2 aromatic rings. The molecule has 1 N–H and O–H groups in total. The van der Waals surface area contributed by atoms with E-state index in [4.69, 9.17) is 0 Å². The number of hydrogen-bond acceptors (Lipinski definition) is 2. The van der Waals surface area contributed by atoms with E-state index < -0.39 is 0 Å². The largest absolute Gasteiger partial charge is 0.325 e. The normalized spacial score (nSPS) is 10.8. The van der Waals surface area contributed by atoms with Crippen molar-refractivity contribution in [1.82, 2.24) is 9.78 Å². The fourth-order valence-electron chi connectivity index (χ4n) is 1.71. The maximum Gasteiger partial charge on any atom is 0.230 e. The van der Waals surface area contributed by atoms with Crippen LogP contribution in [0.3, 0.4) is 0 Å². The quantitative estimate of drug-likeness (QED) is 0.836. The Morgan fingerprint density at radius 2 is 2.10 bits per heavy atom. The van der Waals surface area contributed by atoms with Gasteiger partial charge in [0.25, 0.3) is 0 Å². The minimum Gasteiger partial charge on any atom is -0.325 e. The number of amides is 1. The molecule has 0 radical (unpaired) electrons. The van der Waals surface area contributed by atoms with Gasteiger partial charge in [-0.2, -0.15) is 5.10 Å². The molecular weight excluding hydrogens is 386 g/mol. The van der Waals surface area contributed by atoms with E-state index in [1.54, 1.807) is 0 Å². The van der Waals surface area contributed by atoms with Crippen molar-refractivity contribution in [2.24, 2.45) is 0 Å². The molecule has 0 unspecified atom stereocenters. The van der Waals surface area contributed by atoms with Crippen LogP contribution in [0.25, 0.3) is 0 Å². The van der Waals surface area contributed by atoms with Crippen molar-refractivity contribution in [2.45, 2.75) is 26.3 Å². The number of nitrogens with zero attached hydrogens (tertiary/aromatic N) is 2. The van der Waals surface area contributed by atoms with Crippen molar-refractivity contribution >= 4 is 43.5 Å². The van der Waals surface area contributed by atoms with Gasteiger partial charge in [0.05, 0.1) is 17.8 Å². The first-order valence-electron chi connectivity index (χ1n) is 6.24. The fraction of sp³-hybridized carbons (Fsp3) is 0.286. The van der Waals surface area contributed by atoms with Crippen LogP contribution >= 0.6 is 31.9 Å². The van der Waals surface area contributed by atoms with Crippen LogP contribution < -0.4 is 5.32 Å². The lowest BCUT2D eigenvalue weighted by Crippen LogP contribution is -2.15. The summed E-state index contributed by atoms with van der Waals surface area (Å²) < 4.78 is 3.64. The lowest BCUT2D eigenvalue weighted by Gasteiger charge is -2.07. The number of nitrogens with one attached hydrogen (secondary N) is 1. The molecule has 0 fully saturated rings. The van der Waals surface area contributed by atoms with Gasteiger partial charge in [-0.1, -0.05) is 15.9 Å². The van der Waals surface area contributed by atoms with Crippen LogP contribution in [-0.2, 0) is 11.2 Å². The number of benzene rings is 1. The Balaban J connectivity index is 2.01. The van der Waals surface area contributed by atoms with E-state index in [1.807, 2.05) is 35.1 Å². The summed E-state index contributed by atoms with van der Waals surface area (Å²) in [6, 6.07) is 7.79. The SMILES string of the molecule is CC(C)n1ccc(CC(=O)Nc2ccc(Br)cc2Br)n1. The number of rotatable bonds is 4. The Labute approximate surface area is 134 Å². The summed E-state index contributed by atoms with van der Waals surface area (Å²) in [5, 5.41) is 7.23. The molecule has 0 atom stereocenters. The first-order valence-corrected chi connectivity index (χ1v) is 7.83. The molecule has 0 saturated heterocycles. The lowest BCUT2D eigenvalue weighted by molar-refractivity contribution is -0.115. The number of carbonyl (C=O) groups excluding carboxylic acids is 1. The molecule has 1 amide bonds. The predicted octanol–water partition coefficient (Wildman–Crippen LogP) is 4.17. The molecule has 0 bridgehead atoms. The molecule has 0 aliphatic rings. The zero-order valence-corrected chi connectivity index (χ0v) is 14.4. The van der Waals surface area contributed by atoms with E-state index in [0.717, 1.165) is 20.3 Å². The van der Waals surface area contributed by atoms with Gasteiger partial charge in [0.1, 0.15) is 0 Å². The van der Waals surface area contributed by atoms with Gasteiger partial charge in [0.2, 0.25) is 5.91 Å². The highest BCUT2D eigenvalue weighted by Crippen LogP contribution is 2.26. The van der Waals surface area contributed by atoms with Crippen LogP contribution in [0.5, 0.6) is 0 Å². The second kappa shape index (κ2) is 6.54. The smallest absolute Gasteiger partial charge is 0.230 e. The van der Waals surface area contributed by atoms with Gasteiger partial charge < -0.3 is 5.32 Å². The van der Waals surface area contributed by atoms with Crippen molar-refractivity contribution in [2.75, 3.05) is 5.32 Å². The van der Waals surface area contributed by atoms with Gasteiger partial charge in [-0.05, 0) is 54.0 Å². The summed E-state index contributed by atoms with van der Waals surface area (Å²) in [6.07, 6.45) is 2.16. The summed E-state index contributed by atoms with van der Waals surface area (Å²) >= 11 is 6.80. The molecule has 6 heteroatoms. The summed E-state index contributed by atoms with van der Waals surface area (Å²) in [4.78, 5) is 12.0. The zero-order valence-electron chi connectivity index (χ0n) is 11.2. The summed E-state index contributed by atoms with van der Waals surface area (Å²) in [5.74, 6) is -0.0815. The topological polar surface area (TPSA) is 46.9 Å². The van der Waals surface area contributed by atoms with Crippen LogP contribution in [0.4, 0.5) is 5.69 Å². The van der Waals surface area contributed by atoms with Crippen molar-refractivity contribution in [3.8, 4) is 0 Å². The lowest BCUT2D eigenvalue weighted by atomic mass is 10.2. The highest BCUT2D eigenvalue weighted by molar-refractivity contribution is 9.11. The molecule has 0 spiro atoms. The van der Waals surface area contributed by atoms with Crippen LogP contribution in [0, 0.1) is 0 Å². The van der Waals surface area contributed by atoms with Crippen LogP contribution in [0.1, 0.15) is 25.6 Å². The standard InChI is InChI=1S/C14H15Br2N3O/c1-9(2)19-6-5-11(18-19)8-14(20)17-13-4-3-10(15)7-12(13)16/h3-7,9H,8H2,1-2H3,(H,17,20). The molecule has 106 valence electrons. The molecular formula is C14H15Br2N3O. The fourth-order valence-corrected chi connectivity index (χ4v) is 2.86. The molecule has 20 heavy (non-hydrogen) atoms. The minimum atomic E-state index is -0.0815. The summed E-state index contributed by atoms with van der Waals surface area (Å²) in [6.45, 7) is 4.10. The number of hydrogen-bond donors (Lipinski definition) is 1. The Kier molecular flexibility index (Phi) is 4.99. The van der Waals surface area contributed by atoms with Crippen molar-refractivity contribution < 1.29 is 4.79 Å². The van der Waals surface area contributed by atoms with Gasteiger partial charge in [0.15, 0.2) is 0 Å². The highest BCUT2D eigenvalue weighted by atomic mass is 79.9. The summed E-state index contributed by atoms with van der Waals surface area (Å²) in [7, 11) is 0. The Morgan fingerprint density at radius 3 is 2.70 bits per heavy atom. The molecule has 1 heterocycles. The first-order chi connectivity index (χ1) is 9.45. The number of aromatic nitrogens is 2. The minimum absolute atomic E-state index is 0.0815. The van der Waals surface area contributed by atoms with Gasteiger partial charge in [-0.3, -0.25) is 9.48 Å². The van der Waals surface area contributed by atoms with E-state index in [1.165, 1.54) is 0 Å². The molecule has 4 nitrogen and oxygen atoms in total. The molecule has 0 aliphatic carbocycles. The zero-order chi connectivity index (χ0) is 14.7. The predicted molar refractivity (Wildman–Crippen MR) is 86.8 cm³/mol. The molecule has 1 aromatic heterocycles. The Bertz CT molecular complexity index is 623. The van der Waals surface area contributed by atoms with Crippen molar-refractivity contribution in [3.05, 3.63) is 45.1 Å². The Morgan fingerprint density at radius 1 is 1.35 bits per heavy atom. The van der Waals surface area contributed by atoms with Gasteiger partial charge >= 0.3 is 0 Å². The third-order valence-corrected chi connectivity index (χ3v) is 3.89. The first kappa shape index (κ1) is 15.3. The third kappa shape index (κ3) is 3.93.